The van der Waals surface area contributed by atoms with Crippen molar-refractivity contribution in [1.29, 1.82) is 0 Å². The molecule has 3 nitrogen and oxygen atoms in total. The minimum atomic E-state index is 0.397. The highest BCUT2D eigenvalue weighted by Gasteiger charge is 2.20. The number of rotatable bonds is 3. The van der Waals surface area contributed by atoms with Crippen LogP contribution in [0.25, 0.3) is 0 Å². The second kappa shape index (κ2) is 5.58. The molecule has 78 valence electrons. The van der Waals surface area contributed by atoms with E-state index in [0.717, 1.165) is 39.2 Å². The van der Waals surface area contributed by atoms with Gasteiger partial charge in [0, 0.05) is 32.8 Å². The van der Waals surface area contributed by atoms with E-state index < -0.39 is 0 Å². The van der Waals surface area contributed by atoms with E-state index in [0.29, 0.717) is 12.0 Å². The summed E-state index contributed by atoms with van der Waals surface area (Å²) in [5.74, 6) is 0.610. The zero-order valence-electron chi connectivity index (χ0n) is 8.83. The Labute approximate surface area is 81.2 Å². The standard InChI is InChI=1S/C10H22N2O/c1-9(2)10-8-12(6-4-11)5-3-7-13-10/h9-10H,3-8,11H2,1-2H3. The van der Waals surface area contributed by atoms with Crippen LogP contribution < -0.4 is 5.73 Å². The summed E-state index contributed by atoms with van der Waals surface area (Å²) in [6, 6.07) is 0. The first-order valence-corrected chi connectivity index (χ1v) is 5.28. The van der Waals surface area contributed by atoms with Crippen LogP contribution in [-0.2, 0) is 4.74 Å². The van der Waals surface area contributed by atoms with Crippen molar-refractivity contribution in [3.8, 4) is 0 Å². The smallest absolute Gasteiger partial charge is 0.0724 e. The van der Waals surface area contributed by atoms with Crippen molar-refractivity contribution >= 4 is 0 Å². The largest absolute Gasteiger partial charge is 0.377 e. The Morgan fingerprint density at radius 2 is 2.31 bits per heavy atom. The monoisotopic (exact) mass is 186 g/mol. The molecule has 1 fully saturated rings. The third-order valence-corrected chi connectivity index (χ3v) is 2.58. The van der Waals surface area contributed by atoms with Gasteiger partial charge in [0.1, 0.15) is 0 Å². The molecule has 13 heavy (non-hydrogen) atoms. The number of hydrogen-bond acceptors (Lipinski definition) is 3. The molecule has 1 rings (SSSR count). The maximum Gasteiger partial charge on any atom is 0.0724 e. The van der Waals surface area contributed by atoms with E-state index in [2.05, 4.69) is 18.7 Å². The maximum atomic E-state index is 5.76. The topological polar surface area (TPSA) is 38.5 Å². The van der Waals surface area contributed by atoms with Crippen molar-refractivity contribution in [3.05, 3.63) is 0 Å². The zero-order chi connectivity index (χ0) is 9.68. The second-order valence-electron chi connectivity index (χ2n) is 4.10. The molecule has 0 saturated carbocycles. The van der Waals surface area contributed by atoms with Crippen LogP contribution in [0.15, 0.2) is 0 Å². The normalized spacial score (nSPS) is 26.3. The highest BCUT2D eigenvalue weighted by molar-refractivity contribution is 4.72. The minimum absolute atomic E-state index is 0.397. The first-order valence-electron chi connectivity index (χ1n) is 5.28. The van der Waals surface area contributed by atoms with Crippen LogP contribution in [0.1, 0.15) is 20.3 Å². The van der Waals surface area contributed by atoms with E-state index >= 15 is 0 Å². The zero-order valence-corrected chi connectivity index (χ0v) is 8.83. The molecule has 1 heterocycles. The molecule has 0 aliphatic carbocycles. The van der Waals surface area contributed by atoms with Gasteiger partial charge in [0.05, 0.1) is 6.10 Å². The summed E-state index contributed by atoms with van der Waals surface area (Å²) in [5.41, 5.74) is 5.55. The molecule has 0 amide bonds. The molecule has 1 aliphatic rings. The summed E-state index contributed by atoms with van der Waals surface area (Å²) in [6.07, 6.45) is 1.54. The molecule has 1 unspecified atom stereocenters. The fourth-order valence-corrected chi connectivity index (χ4v) is 1.71. The van der Waals surface area contributed by atoms with Crippen LogP contribution in [0, 0.1) is 5.92 Å². The SMILES string of the molecule is CC(C)C1CN(CCN)CCCO1. The van der Waals surface area contributed by atoms with Gasteiger partial charge in [0.25, 0.3) is 0 Å². The van der Waals surface area contributed by atoms with Crippen LogP contribution in [0.2, 0.25) is 0 Å². The average Bonchev–Trinajstić information content (AvgIpc) is 2.30. The third-order valence-electron chi connectivity index (χ3n) is 2.58. The van der Waals surface area contributed by atoms with Crippen molar-refractivity contribution in [1.82, 2.24) is 4.90 Å². The molecule has 0 spiro atoms. The van der Waals surface area contributed by atoms with Crippen LogP contribution in [0.5, 0.6) is 0 Å². The van der Waals surface area contributed by atoms with Gasteiger partial charge in [-0.15, -0.1) is 0 Å². The number of nitrogens with two attached hydrogens (primary N) is 1. The van der Waals surface area contributed by atoms with Crippen molar-refractivity contribution < 1.29 is 4.74 Å². The molecule has 0 aromatic heterocycles. The number of ether oxygens (including phenoxy) is 1. The van der Waals surface area contributed by atoms with Crippen LogP contribution in [0.4, 0.5) is 0 Å². The van der Waals surface area contributed by atoms with Crippen LogP contribution >= 0.6 is 0 Å². The predicted octanol–water partition coefficient (Wildman–Crippen LogP) is 0.692. The fourth-order valence-electron chi connectivity index (χ4n) is 1.71. The van der Waals surface area contributed by atoms with Gasteiger partial charge in [-0.2, -0.15) is 0 Å². The van der Waals surface area contributed by atoms with E-state index in [4.69, 9.17) is 10.5 Å². The molecule has 0 aromatic carbocycles. The van der Waals surface area contributed by atoms with Gasteiger partial charge in [-0.25, -0.2) is 0 Å². The Balaban J connectivity index is 2.39. The Bertz CT molecular complexity index is 139. The lowest BCUT2D eigenvalue weighted by Gasteiger charge is -2.25. The Kier molecular flexibility index (Phi) is 4.70. The van der Waals surface area contributed by atoms with Crippen LogP contribution in [-0.4, -0.2) is 43.8 Å². The van der Waals surface area contributed by atoms with E-state index in [1.54, 1.807) is 0 Å². The Morgan fingerprint density at radius 1 is 1.54 bits per heavy atom. The lowest BCUT2D eigenvalue weighted by atomic mass is 10.1. The van der Waals surface area contributed by atoms with Gasteiger partial charge in [0.15, 0.2) is 0 Å². The van der Waals surface area contributed by atoms with E-state index in [1.807, 2.05) is 0 Å². The summed E-state index contributed by atoms with van der Waals surface area (Å²) >= 11 is 0. The van der Waals surface area contributed by atoms with Crippen molar-refractivity contribution in [2.24, 2.45) is 11.7 Å². The van der Waals surface area contributed by atoms with Gasteiger partial charge >= 0.3 is 0 Å². The van der Waals surface area contributed by atoms with Crippen LogP contribution in [0.3, 0.4) is 0 Å². The number of nitrogens with zero attached hydrogens (tertiary/aromatic N) is 1. The third kappa shape index (κ3) is 3.63. The molecule has 0 bridgehead atoms. The first kappa shape index (κ1) is 11.0. The van der Waals surface area contributed by atoms with Gasteiger partial charge < -0.3 is 10.5 Å². The summed E-state index contributed by atoms with van der Waals surface area (Å²) in [7, 11) is 0. The fraction of sp³-hybridized carbons (Fsp3) is 1.00. The highest BCUT2D eigenvalue weighted by atomic mass is 16.5. The first-order chi connectivity index (χ1) is 6.24. The quantitative estimate of drug-likeness (QED) is 0.705. The minimum Gasteiger partial charge on any atom is -0.377 e. The van der Waals surface area contributed by atoms with Gasteiger partial charge in [-0.1, -0.05) is 13.8 Å². The van der Waals surface area contributed by atoms with Gasteiger partial charge in [-0.3, -0.25) is 4.90 Å². The summed E-state index contributed by atoms with van der Waals surface area (Å²) < 4.78 is 5.76. The highest BCUT2D eigenvalue weighted by Crippen LogP contribution is 2.12. The summed E-state index contributed by atoms with van der Waals surface area (Å²) in [6.45, 7) is 9.30. The van der Waals surface area contributed by atoms with E-state index in [-0.39, 0.29) is 0 Å². The Morgan fingerprint density at radius 3 is 2.92 bits per heavy atom. The summed E-state index contributed by atoms with van der Waals surface area (Å²) in [4.78, 5) is 2.41. The van der Waals surface area contributed by atoms with E-state index in [1.165, 1.54) is 0 Å². The molecule has 2 N–H and O–H groups in total. The molecule has 3 heteroatoms. The lowest BCUT2D eigenvalue weighted by molar-refractivity contribution is 0.0234. The summed E-state index contributed by atoms with van der Waals surface area (Å²) in [5, 5.41) is 0. The van der Waals surface area contributed by atoms with Gasteiger partial charge in [-0.05, 0) is 12.3 Å². The second-order valence-corrected chi connectivity index (χ2v) is 4.10. The molecule has 1 atom stereocenters. The molecule has 1 saturated heterocycles. The van der Waals surface area contributed by atoms with Crippen molar-refractivity contribution in [2.45, 2.75) is 26.4 Å². The Hall–Kier alpha value is -0.120. The van der Waals surface area contributed by atoms with Gasteiger partial charge in [0.2, 0.25) is 0 Å². The lowest BCUT2D eigenvalue weighted by Crippen LogP contribution is -2.37. The van der Waals surface area contributed by atoms with Crippen molar-refractivity contribution in [3.63, 3.8) is 0 Å². The molecular formula is C10H22N2O. The molecule has 0 radical (unpaired) electrons. The number of hydrogen-bond donors (Lipinski definition) is 1. The predicted molar refractivity (Wildman–Crippen MR) is 54.7 cm³/mol. The average molecular weight is 186 g/mol. The van der Waals surface area contributed by atoms with E-state index in [9.17, 15) is 0 Å². The molecule has 1 aliphatic heterocycles. The van der Waals surface area contributed by atoms with Crippen molar-refractivity contribution in [2.75, 3.05) is 32.8 Å². The maximum absolute atomic E-state index is 5.76. The molecular weight excluding hydrogens is 164 g/mol. The molecule has 0 aromatic rings.